The van der Waals surface area contributed by atoms with Crippen molar-refractivity contribution >= 4 is 28.3 Å². The van der Waals surface area contributed by atoms with Gasteiger partial charge in [0.15, 0.2) is 5.82 Å². The quantitative estimate of drug-likeness (QED) is 0.403. The fourth-order valence-electron chi connectivity index (χ4n) is 4.35. The molecule has 0 bridgehead atoms. The van der Waals surface area contributed by atoms with Crippen molar-refractivity contribution in [1.29, 1.82) is 0 Å². The van der Waals surface area contributed by atoms with Crippen molar-refractivity contribution in [2.24, 2.45) is 14.1 Å². The smallest absolute Gasteiger partial charge is 0.302 e. The molecule has 1 atom stereocenters. The highest BCUT2D eigenvalue weighted by Gasteiger charge is 2.32. The molecular formula is C24H22ClF3N6O2. The molecule has 0 amide bonds. The summed E-state index contributed by atoms with van der Waals surface area (Å²) >= 11 is 5.93. The van der Waals surface area contributed by atoms with Gasteiger partial charge in [-0.25, -0.2) is 14.4 Å². The minimum Gasteiger partial charge on any atom is -0.370 e. The van der Waals surface area contributed by atoms with Gasteiger partial charge in [-0.15, -0.1) is 0 Å². The summed E-state index contributed by atoms with van der Waals surface area (Å²) in [5, 5.41) is 4.39. The van der Waals surface area contributed by atoms with Gasteiger partial charge in [0.05, 0.1) is 18.2 Å². The summed E-state index contributed by atoms with van der Waals surface area (Å²) in [6, 6.07) is 5.46. The van der Waals surface area contributed by atoms with Gasteiger partial charge in [0, 0.05) is 56.5 Å². The molecule has 36 heavy (non-hydrogen) atoms. The van der Waals surface area contributed by atoms with Gasteiger partial charge in [-0.3, -0.25) is 14.0 Å². The standard InChI is InChI=1S/C24H22ClF3N6O2/c1-24(27,28)23-31-21-16(22(35)33(23)3)9-19(30-20(21)15-5-4-14(25)8-17(15)26)34-6-7-36-18(12-34)13-10-29-32(2)11-13/h4-5,8-11,18H,6-7,12H2,1-3H3/t18-/m1/s1. The molecule has 1 aromatic carbocycles. The topological polar surface area (TPSA) is 78.1 Å². The van der Waals surface area contributed by atoms with Crippen LogP contribution in [0.2, 0.25) is 5.02 Å². The molecule has 0 spiro atoms. The Labute approximate surface area is 208 Å². The van der Waals surface area contributed by atoms with E-state index < -0.39 is 23.1 Å². The number of hydrogen-bond donors (Lipinski definition) is 0. The van der Waals surface area contributed by atoms with Crippen molar-refractivity contribution in [2.75, 3.05) is 24.6 Å². The zero-order chi connectivity index (χ0) is 25.8. The molecule has 4 heterocycles. The van der Waals surface area contributed by atoms with E-state index in [1.165, 1.54) is 25.2 Å². The number of rotatable bonds is 4. The molecule has 0 unspecified atom stereocenters. The number of halogens is 4. The third-order valence-corrected chi connectivity index (χ3v) is 6.35. The summed E-state index contributed by atoms with van der Waals surface area (Å²) in [4.78, 5) is 23.9. The van der Waals surface area contributed by atoms with E-state index in [4.69, 9.17) is 16.3 Å². The number of ether oxygens (including phenoxy) is 1. The van der Waals surface area contributed by atoms with Crippen molar-refractivity contribution < 1.29 is 17.9 Å². The van der Waals surface area contributed by atoms with Gasteiger partial charge >= 0.3 is 5.92 Å². The van der Waals surface area contributed by atoms with Gasteiger partial charge in [-0.1, -0.05) is 11.6 Å². The summed E-state index contributed by atoms with van der Waals surface area (Å²) < 4.78 is 52.0. The average Bonchev–Trinajstić information content (AvgIpc) is 3.26. The highest BCUT2D eigenvalue weighted by Crippen LogP contribution is 2.34. The van der Waals surface area contributed by atoms with Crippen LogP contribution in [0.5, 0.6) is 0 Å². The Kier molecular flexibility index (Phi) is 6.00. The van der Waals surface area contributed by atoms with E-state index in [1.807, 2.05) is 11.1 Å². The van der Waals surface area contributed by atoms with Gasteiger partial charge in [-0.2, -0.15) is 13.9 Å². The number of benzene rings is 1. The second-order valence-corrected chi connectivity index (χ2v) is 9.23. The van der Waals surface area contributed by atoms with E-state index in [0.717, 1.165) is 16.2 Å². The number of fused-ring (bicyclic) bond motifs is 1. The molecule has 1 saturated heterocycles. The van der Waals surface area contributed by atoms with Gasteiger partial charge < -0.3 is 9.64 Å². The van der Waals surface area contributed by atoms with Crippen molar-refractivity contribution in [2.45, 2.75) is 19.0 Å². The second kappa shape index (κ2) is 8.90. The molecule has 8 nitrogen and oxygen atoms in total. The van der Waals surface area contributed by atoms with Gasteiger partial charge in [0.25, 0.3) is 5.56 Å². The van der Waals surface area contributed by atoms with Crippen LogP contribution in [-0.2, 0) is 24.8 Å². The fourth-order valence-corrected chi connectivity index (χ4v) is 4.51. The third kappa shape index (κ3) is 4.33. The van der Waals surface area contributed by atoms with Crippen LogP contribution in [0.1, 0.15) is 24.4 Å². The molecule has 5 rings (SSSR count). The molecular weight excluding hydrogens is 497 g/mol. The number of anilines is 1. The molecule has 0 saturated carbocycles. The lowest BCUT2D eigenvalue weighted by molar-refractivity contribution is 0.00391. The summed E-state index contributed by atoms with van der Waals surface area (Å²) in [5.74, 6) is -4.49. The van der Waals surface area contributed by atoms with Crippen molar-refractivity contribution in [3.8, 4) is 11.3 Å². The summed E-state index contributed by atoms with van der Waals surface area (Å²) in [5.41, 5.74) is 0.0441. The lowest BCUT2D eigenvalue weighted by Crippen LogP contribution is -2.39. The minimum absolute atomic E-state index is 0.00515. The van der Waals surface area contributed by atoms with Crippen LogP contribution in [-0.4, -0.2) is 44.0 Å². The Balaban J connectivity index is 1.71. The highest BCUT2D eigenvalue weighted by atomic mass is 35.5. The first-order valence-corrected chi connectivity index (χ1v) is 11.5. The van der Waals surface area contributed by atoms with Crippen LogP contribution < -0.4 is 10.5 Å². The lowest BCUT2D eigenvalue weighted by atomic mass is 10.1. The maximum atomic E-state index is 15.0. The zero-order valence-corrected chi connectivity index (χ0v) is 20.4. The molecule has 4 aromatic rings. The number of aromatic nitrogens is 5. The molecule has 3 aromatic heterocycles. The van der Waals surface area contributed by atoms with Crippen molar-refractivity contribution in [1.82, 2.24) is 24.3 Å². The van der Waals surface area contributed by atoms with Gasteiger partial charge in [0.2, 0.25) is 0 Å². The number of morpholine rings is 1. The van der Waals surface area contributed by atoms with Gasteiger partial charge in [0.1, 0.15) is 28.9 Å². The molecule has 188 valence electrons. The molecule has 1 fully saturated rings. The van der Waals surface area contributed by atoms with Crippen LogP contribution in [0.3, 0.4) is 0 Å². The number of nitrogens with zero attached hydrogens (tertiary/aromatic N) is 6. The first-order chi connectivity index (χ1) is 17.0. The number of alkyl halides is 2. The van der Waals surface area contributed by atoms with Crippen molar-refractivity contribution in [3.05, 3.63) is 69.2 Å². The molecule has 0 aliphatic carbocycles. The fraction of sp³-hybridized carbons (Fsp3) is 0.333. The van der Waals surface area contributed by atoms with E-state index in [9.17, 15) is 13.6 Å². The van der Waals surface area contributed by atoms with Crippen LogP contribution in [0, 0.1) is 5.82 Å². The lowest BCUT2D eigenvalue weighted by Gasteiger charge is -2.33. The van der Waals surface area contributed by atoms with E-state index in [2.05, 4.69) is 15.1 Å². The average molecular weight is 519 g/mol. The molecule has 0 radical (unpaired) electrons. The predicted molar refractivity (Wildman–Crippen MR) is 129 cm³/mol. The number of pyridine rings is 1. The Bertz CT molecular complexity index is 1530. The Morgan fingerprint density at radius 1 is 1.19 bits per heavy atom. The number of aryl methyl sites for hydroxylation is 1. The van der Waals surface area contributed by atoms with Crippen LogP contribution in [0.25, 0.3) is 22.2 Å². The molecule has 0 N–H and O–H groups in total. The van der Waals surface area contributed by atoms with E-state index in [1.54, 1.807) is 17.9 Å². The minimum atomic E-state index is -3.41. The largest absolute Gasteiger partial charge is 0.370 e. The molecule has 1 aliphatic heterocycles. The maximum Gasteiger partial charge on any atom is 0.302 e. The SMILES string of the molecule is Cn1cc([C@H]2CN(c3cc4c(=O)n(C)c(C(C)(F)F)nc4c(-c4ccc(Cl)cc4F)n3)CCO2)cn1. The normalized spacial score (nSPS) is 16.6. The Hall–Kier alpha value is -3.44. The van der Waals surface area contributed by atoms with Crippen LogP contribution >= 0.6 is 11.6 Å². The monoisotopic (exact) mass is 518 g/mol. The van der Waals surface area contributed by atoms with Gasteiger partial charge in [-0.05, 0) is 24.3 Å². The zero-order valence-electron chi connectivity index (χ0n) is 19.7. The summed E-state index contributed by atoms with van der Waals surface area (Å²) in [6.45, 7) is 1.88. The molecule has 1 aliphatic rings. The predicted octanol–water partition coefficient (Wildman–Crippen LogP) is 4.21. The maximum absolute atomic E-state index is 15.0. The van der Waals surface area contributed by atoms with E-state index in [0.29, 0.717) is 32.4 Å². The summed E-state index contributed by atoms with van der Waals surface area (Å²) in [6.07, 6.45) is 3.26. The highest BCUT2D eigenvalue weighted by molar-refractivity contribution is 6.30. The van der Waals surface area contributed by atoms with Crippen LogP contribution in [0.4, 0.5) is 19.0 Å². The van der Waals surface area contributed by atoms with Crippen molar-refractivity contribution in [3.63, 3.8) is 0 Å². The summed E-state index contributed by atoms with van der Waals surface area (Å²) in [7, 11) is 3.04. The first kappa shape index (κ1) is 24.3. The number of hydrogen-bond acceptors (Lipinski definition) is 6. The third-order valence-electron chi connectivity index (χ3n) is 6.12. The Morgan fingerprint density at radius 2 is 1.97 bits per heavy atom. The van der Waals surface area contributed by atoms with E-state index >= 15 is 4.39 Å². The Morgan fingerprint density at radius 3 is 2.64 bits per heavy atom. The second-order valence-electron chi connectivity index (χ2n) is 8.79. The first-order valence-electron chi connectivity index (χ1n) is 11.1. The van der Waals surface area contributed by atoms with Crippen LogP contribution in [0.15, 0.2) is 41.5 Å². The molecule has 12 heteroatoms. The van der Waals surface area contributed by atoms with E-state index in [-0.39, 0.29) is 33.3 Å².